The normalized spacial score (nSPS) is 33.6. The van der Waals surface area contributed by atoms with Crippen LogP contribution in [0.4, 0.5) is 0 Å². The summed E-state index contributed by atoms with van der Waals surface area (Å²) in [5.41, 5.74) is 0. The fourth-order valence-electron chi connectivity index (χ4n) is 3.22. The fraction of sp³-hybridized carbons (Fsp3) is 1.00. The first-order chi connectivity index (χ1) is 9.60. The zero-order valence-corrected chi connectivity index (χ0v) is 12.5. The molecular weight excluding hydrogens is 280 g/mol. The highest BCUT2D eigenvalue weighted by Crippen LogP contribution is 2.39. The van der Waals surface area contributed by atoms with Gasteiger partial charge in [-0.1, -0.05) is 0 Å². The molecule has 2 aliphatic heterocycles. The third kappa shape index (κ3) is 3.17. The van der Waals surface area contributed by atoms with Gasteiger partial charge in [0, 0.05) is 26.3 Å². The van der Waals surface area contributed by atoms with Crippen LogP contribution >= 0.6 is 0 Å². The van der Waals surface area contributed by atoms with Gasteiger partial charge in [-0.15, -0.1) is 0 Å². The molecule has 7 heteroatoms. The standard InChI is InChI=1S/C13H24N2O4S/c16-9-10-3-6-15(7-4-10)20(17,18)14-12-5-8-19-13(12)11-1-2-11/h10-14,16H,1-9H2. The van der Waals surface area contributed by atoms with E-state index in [0.29, 0.717) is 25.6 Å². The Balaban J connectivity index is 1.58. The molecule has 0 aromatic rings. The van der Waals surface area contributed by atoms with E-state index in [-0.39, 0.29) is 24.7 Å². The Morgan fingerprint density at radius 3 is 2.45 bits per heavy atom. The van der Waals surface area contributed by atoms with Gasteiger partial charge in [0.15, 0.2) is 0 Å². The Hall–Kier alpha value is -0.210. The van der Waals surface area contributed by atoms with E-state index in [1.807, 2.05) is 0 Å². The molecule has 2 atom stereocenters. The van der Waals surface area contributed by atoms with Crippen LogP contribution in [-0.4, -0.2) is 56.3 Å². The van der Waals surface area contributed by atoms with Crippen molar-refractivity contribution in [1.29, 1.82) is 0 Å². The van der Waals surface area contributed by atoms with Crippen LogP contribution in [0.1, 0.15) is 32.1 Å². The molecule has 0 radical (unpaired) electrons. The minimum absolute atomic E-state index is 0.0666. The van der Waals surface area contributed by atoms with Gasteiger partial charge < -0.3 is 9.84 Å². The average molecular weight is 304 g/mol. The van der Waals surface area contributed by atoms with Crippen molar-refractivity contribution in [1.82, 2.24) is 9.03 Å². The van der Waals surface area contributed by atoms with Crippen LogP contribution in [-0.2, 0) is 14.9 Å². The lowest BCUT2D eigenvalue weighted by Crippen LogP contribution is -2.50. The van der Waals surface area contributed by atoms with Crippen LogP contribution in [0, 0.1) is 11.8 Å². The number of hydrogen-bond donors (Lipinski definition) is 2. The van der Waals surface area contributed by atoms with Gasteiger partial charge in [-0.25, -0.2) is 0 Å². The molecule has 2 heterocycles. The quantitative estimate of drug-likeness (QED) is 0.755. The van der Waals surface area contributed by atoms with Crippen LogP contribution in [0.3, 0.4) is 0 Å². The molecule has 0 aromatic heterocycles. The van der Waals surface area contributed by atoms with Gasteiger partial charge in [-0.2, -0.15) is 17.4 Å². The van der Waals surface area contributed by atoms with E-state index in [9.17, 15) is 8.42 Å². The van der Waals surface area contributed by atoms with Crippen molar-refractivity contribution in [2.75, 3.05) is 26.3 Å². The van der Waals surface area contributed by atoms with E-state index in [4.69, 9.17) is 9.84 Å². The predicted molar refractivity (Wildman–Crippen MR) is 74.3 cm³/mol. The van der Waals surface area contributed by atoms with Crippen molar-refractivity contribution < 1.29 is 18.3 Å². The summed E-state index contributed by atoms with van der Waals surface area (Å²) in [6, 6.07) is -0.0666. The van der Waals surface area contributed by atoms with Gasteiger partial charge in [0.05, 0.1) is 12.1 Å². The summed E-state index contributed by atoms with van der Waals surface area (Å²) in [6.07, 6.45) is 4.64. The number of hydrogen-bond acceptors (Lipinski definition) is 4. The Labute approximate surface area is 120 Å². The summed E-state index contributed by atoms with van der Waals surface area (Å²) in [7, 11) is -3.42. The van der Waals surface area contributed by atoms with Crippen molar-refractivity contribution in [3.05, 3.63) is 0 Å². The number of ether oxygens (including phenoxy) is 1. The first-order valence-electron chi connectivity index (χ1n) is 7.60. The molecular formula is C13H24N2O4S. The predicted octanol–water partition coefficient (Wildman–Crippen LogP) is 0.0926. The number of nitrogens with zero attached hydrogens (tertiary/aromatic N) is 1. The summed E-state index contributed by atoms with van der Waals surface area (Å²) in [4.78, 5) is 0. The average Bonchev–Trinajstić information content (AvgIpc) is 3.19. The van der Waals surface area contributed by atoms with Crippen LogP contribution < -0.4 is 4.72 Å². The van der Waals surface area contributed by atoms with Gasteiger partial charge in [-0.05, 0) is 43.9 Å². The van der Waals surface area contributed by atoms with Gasteiger partial charge in [-0.3, -0.25) is 0 Å². The van der Waals surface area contributed by atoms with Gasteiger partial charge in [0.25, 0.3) is 10.2 Å². The zero-order valence-electron chi connectivity index (χ0n) is 11.7. The van der Waals surface area contributed by atoms with E-state index in [0.717, 1.165) is 32.1 Å². The lowest BCUT2D eigenvalue weighted by molar-refractivity contribution is 0.0843. The Morgan fingerprint density at radius 1 is 1.15 bits per heavy atom. The monoisotopic (exact) mass is 304 g/mol. The Kier molecular flexibility index (Phi) is 4.33. The molecule has 0 aromatic carbocycles. The van der Waals surface area contributed by atoms with E-state index in [1.54, 1.807) is 0 Å². The van der Waals surface area contributed by atoms with Gasteiger partial charge >= 0.3 is 0 Å². The number of aliphatic hydroxyl groups is 1. The summed E-state index contributed by atoms with van der Waals surface area (Å²) < 4.78 is 34.9. The third-order valence-corrected chi connectivity index (χ3v) is 6.34. The summed E-state index contributed by atoms with van der Waals surface area (Å²) in [5.74, 6) is 0.792. The van der Waals surface area contributed by atoms with Gasteiger partial charge in [0.2, 0.25) is 0 Å². The van der Waals surface area contributed by atoms with Crippen LogP contribution in [0.15, 0.2) is 0 Å². The topological polar surface area (TPSA) is 78.9 Å². The van der Waals surface area contributed by atoms with Crippen LogP contribution in [0.2, 0.25) is 0 Å². The van der Waals surface area contributed by atoms with Crippen molar-refractivity contribution in [2.24, 2.45) is 11.8 Å². The van der Waals surface area contributed by atoms with Crippen molar-refractivity contribution >= 4 is 10.2 Å². The van der Waals surface area contributed by atoms with E-state index in [2.05, 4.69) is 4.72 Å². The minimum Gasteiger partial charge on any atom is -0.396 e. The van der Waals surface area contributed by atoms with Gasteiger partial charge in [0.1, 0.15) is 0 Å². The number of piperidine rings is 1. The summed E-state index contributed by atoms with van der Waals surface area (Å²) >= 11 is 0. The number of rotatable bonds is 5. The van der Waals surface area contributed by atoms with E-state index >= 15 is 0 Å². The highest BCUT2D eigenvalue weighted by Gasteiger charge is 2.43. The molecule has 3 aliphatic rings. The first-order valence-corrected chi connectivity index (χ1v) is 9.04. The number of nitrogens with one attached hydrogen (secondary N) is 1. The molecule has 0 amide bonds. The second-order valence-electron chi connectivity index (χ2n) is 6.22. The smallest absolute Gasteiger partial charge is 0.279 e. The highest BCUT2D eigenvalue weighted by molar-refractivity contribution is 7.87. The van der Waals surface area contributed by atoms with E-state index < -0.39 is 10.2 Å². The fourth-order valence-corrected chi connectivity index (χ4v) is 4.70. The molecule has 0 spiro atoms. The lowest BCUT2D eigenvalue weighted by Gasteiger charge is -2.31. The molecule has 2 N–H and O–H groups in total. The van der Waals surface area contributed by atoms with Crippen LogP contribution in [0.5, 0.6) is 0 Å². The third-order valence-electron chi connectivity index (χ3n) is 4.69. The zero-order chi connectivity index (χ0) is 14.2. The molecule has 2 unspecified atom stereocenters. The Morgan fingerprint density at radius 2 is 1.85 bits per heavy atom. The maximum atomic E-state index is 12.4. The SMILES string of the molecule is O=S(=O)(NC1CCOC1C1CC1)N1CCC(CO)CC1. The minimum atomic E-state index is -3.42. The Bertz CT molecular complexity index is 430. The first kappa shape index (κ1) is 14.7. The largest absolute Gasteiger partial charge is 0.396 e. The molecule has 116 valence electrons. The molecule has 20 heavy (non-hydrogen) atoms. The number of aliphatic hydroxyl groups excluding tert-OH is 1. The highest BCUT2D eigenvalue weighted by atomic mass is 32.2. The molecule has 6 nitrogen and oxygen atoms in total. The summed E-state index contributed by atoms with van der Waals surface area (Å²) in [5, 5.41) is 9.11. The van der Waals surface area contributed by atoms with E-state index in [1.165, 1.54) is 4.31 Å². The van der Waals surface area contributed by atoms with Crippen molar-refractivity contribution in [2.45, 2.75) is 44.2 Å². The molecule has 3 rings (SSSR count). The molecule has 1 aliphatic carbocycles. The maximum absolute atomic E-state index is 12.4. The van der Waals surface area contributed by atoms with Crippen LogP contribution in [0.25, 0.3) is 0 Å². The van der Waals surface area contributed by atoms with Crippen molar-refractivity contribution in [3.63, 3.8) is 0 Å². The molecule has 3 fully saturated rings. The second-order valence-corrected chi connectivity index (χ2v) is 7.92. The molecule has 0 bridgehead atoms. The van der Waals surface area contributed by atoms with Crippen molar-refractivity contribution in [3.8, 4) is 0 Å². The maximum Gasteiger partial charge on any atom is 0.279 e. The molecule has 2 saturated heterocycles. The second kappa shape index (κ2) is 5.88. The summed E-state index contributed by atoms with van der Waals surface area (Å²) in [6.45, 7) is 1.81. The lowest BCUT2D eigenvalue weighted by atomic mass is 10.00. The molecule has 1 saturated carbocycles.